The summed E-state index contributed by atoms with van der Waals surface area (Å²) in [5, 5.41) is 2.51. The first-order valence-electron chi connectivity index (χ1n) is 9.04. The number of rotatable bonds is 8. The van der Waals surface area contributed by atoms with E-state index >= 15 is 0 Å². The minimum absolute atomic E-state index is 0.0216. The largest absolute Gasteiger partial charge is 0.368 e. The molecule has 156 valence electrons. The first-order chi connectivity index (χ1) is 13.5. The van der Waals surface area contributed by atoms with Crippen LogP contribution in [0, 0.1) is 20.8 Å². The van der Waals surface area contributed by atoms with E-state index in [0.717, 1.165) is 11.1 Å². The van der Waals surface area contributed by atoms with E-state index in [9.17, 15) is 18.0 Å². The maximum Gasteiger partial charge on any atom is 0.252 e. The number of sulfonamides is 1. The quantitative estimate of drug-likeness (QED) is 0.470. The van der Waals surface area contributed by atoms with Crippen LogP contribution in [0.15, 0.2) is 41.3 Å². The molecule has 8 nitrogen and oxygen atoms in total. The summed E-state index contributed by atoms with van der Waals surface area (Å²) in [6.07, 6.45) is 0.688. The Bertz CT molecular complexity index is 994. The summed E-state index contributed by atoms with van der Waals surface area (Å²) in [5.74, 6) is -1.97. The second-order valence-electron chi connectivity index (χ2n) is 6.91. The maximum absolute atomic E-state index is 12.9. The molecule has 9 heteroatoms. The van der Waals surface area contributed by atoms with E-state index in [0.29, 0.717) is 29.8 Å². The van der Waals surface area contributed by atoms with E-state index in [-0.39, 0.29) is 4.90 Å². The number of anilines is 1. The summed E-state index contributed by atoms with van der Waals surface area (Å²) in [7, 11) is -4.16. The Morgan fingerprint density at radius 3 is 2.07 bits per heavy atom. The van der Waals surface area contributed by atoms with Gasteiger partial charge in [-0.05, 0) is 62.6 Å². The fourth-order valence-electron chi connectivity index (χ4n) is 3.18. The molecule has 1 unspecified atom stereocenters. The smallest absolute Gasteiger partial charge is 0.252 e. The van der Waals surface area contributed by atoms with Crippen LogP contribution in [0.4, 0.5) is 5.69 Å². The standard InChI is InChI=1S/C20H26N4O4S/c1-12-10-13(2)18(14(3)11-12)29(27,28)24-17(19(22)25)20(26)23-16-6-4-15(5-7-16)8-9-21/h4-7,10-11,17,24H,8-9,21H2,1-3H3,(H2,22,25)(H,23,26). The molecule has 2 aromatic carbocycles. The molecule has 0 heterocycles. The van der Waals surface area contributed by atoms with Gasteiger partial charge in [-0.2, -0.15) is 4.72 Å². The number of carbonyl (C=O) groups is 2. The van der Waals surface area contributed by atoms with Crippen LogP contribution in [0.3, 0.4) is 0 Å². The molecule has 1 atom stereocenters. The van der Waals surface area contributed by atoms with E-state index < -0.39 is 27.9 Å². The number of nitrogens with one attached hydrogen (secondary N) is 2. The van der Waals surface area contributed by atoms with Gasteiger partial charge in [0, 0.05) is 5.69 Å². The Morgan fingerprint density at radius 2 is 1.59 bits per heavy atom. The molecule has 0 aliphatic carbocycles. The lowest BCUT2D eigenvalue weighted by atomic mass is 10.1. The Labute approximate surface area is 170 Å². The molecule has 0 spiro atoms. The van der Waals surface area contributed by atoms with Crippen molar-refractivity contribution in [1.29, 1.82) is 0 Å². The van der Waals surface area contributed by atoms with Crippen molar-refractivity contribution < 1.29 is 18.0 Å². The van der Waals surface area contributed by atoms with Crippen LogP contribution in [-0.4, -0.2) is 32.8 Å². The van der Waals surface area contributed by atoms with Crippen LogP contribution in [0.2, 0.25) is 0 Å². The molecule has 2 amide bonds. The highest BCUT2D eigenvalue weighted by Crippen LogP contribution is 2.22. The number of primary amides is 1. The number of aryl methyl sites for hydroxylation is 3. The maximum atomic E-state index is 12.9. The molecule has 6 N–H and O–H groups in total. The zero-order valence-electron chi connectivity index (χ0n) is 16.7. The zero-order chi connectivity index (χ0) is 21.8. The predicted molar refractivity (Wildman–Crippen MR) is 112 cm³/mol. The van der Waals surface area contributed by atoms with Crippen LogP contribution in [0.5, 0.6) is 0 Å². The topological polar surface area (TPSA) is 144 Å². The fourth-order valence-corrected chi connectivity index (χ4v) is 4.80. The van der Waals surface area contributed by atoms with E-state index in [1.807, 2.05) is 6.92 Å². The second kappa shape index (κ2) is 9.17. The molecule has 0 saturated carbocycles. The van der Waals surface area contributed by atoms with Gasteiger partial charge in [-0.3, -0.25) is 9.59 Å². The van der Waals surface area contributed by atoms with E-state index in [4.69, 9.17) is 11.5 Å². The van der Waals surface area contributed by atoms with Gasteiger partial charge >= 0.3 is 0 Å². The van der Waals surface area contributed by atoms with Crippen LogP contribution < -0.4 is 21.5 Å². The van der Waals surface area contributed by atoms with Crippen molar-refractivity contribution in [2.75, 3.05) is 11.9 Å². The second-order valence-corrected chi connectivity index (χ2v) is 8.56. The molecule has 2 rings (SSSR count). The average Bonchev–Trinajstić information content (AvgIpc) is 2.60. The lowest BCUT2D eigenvalue weighted by molar-refractivity contribution is -0.127. The van der Waals surface area contributed by atoms with Crippen LogP contribution in [0.1, 0.15) is 22.3 Å². The molecule has 0 aliphatic heterocycles. The van der Waals surface area contributed by atoms with Gasteiger partial charge in [0.25, 0.3) is 5.91 Å². The van der Waals surface area contributed by atoms with Crippen molar-refractivity contribution in [3.63, 3.8) is 0 Å². The van der Waals surface area contributed by atoms with Crippen molar-refractivity contribution in [2.24, 2.45) is 11.5 Å². The Balaban J connectivity index is 2.25. The normalized spacial score (nSPS) is 12.4. The third-order valence-corrected chi connectivity index (χ3v) is 6.08. The molecule has 29 heavy (non-hydrogen) atoms. The van der Waals surface area contributed by atoms with Gasteiger partial charge in [-0.15, -0.1) is 0 Å². The third kappa shape index (κ3) is 5.63. The van der Waals surface area contributed by atoms with Gasteiger partial charge in [-0.1, -0.05) is 29.8 Å². The SMILES string of the molecule is Cc1cc(C)c(S(=O)(=O)NC(C(N)=O)C(=O)Nc2ccc(CCN)cc2)c(C)c1. The zero-order valence-corrected chi connectivity index (χ0v) is 17.5. The number of hydrogen-bond acceptors (Lipinski definition) is 5. The molecule has 0 radical (unpaired) electrons. The van der Waals surface area contributed by atoms with Crippen molar-refractivity contribution in [1.82, 2.24) is 4.72 Å². The average molecular weight is 419 g/mol. The minimum Gasteiger partial charge on any atom is -0.368 e. The highest BCUT2D eigenvalue weighted by atomic mass is 32.2. The number of amides is 2. The molecule has 2 aromatic rings. The van der Waals surface area contributed by atoms with Crippen LogP contribution in [0.25, 0.3) is 0 Å². The summed E-state index contributed by atoms with van der Waals surface area (Å²) in [6, 6.07) is 8.51. The highest BCUT2D eigenvalue weighted by molar-refractivity contribution is 7.89. The van der Waals surface area contributed by atoms with E-state index in [1.165, 1.54) is 0 Å². The highest BCUT2D eigenvalue weighted by Gasteiger charge is 2.32. The first kappa shape index (κ1) is 22.5. The number of hydrogen-bond donors (Lipinski definition) is 4. The Kier molecular flexibility index (Phi) is 7.12. The van der Waals surface area contributed by atoms with Crippen molar-refractivity contribution in [2.45, 2.75) is 38.1 Å². The molecule has 0 bridgehead atoms. The summed E-state index contributed by atoms with van der Waals surface area (Å²) < 4.78 is 27.9. The monoisotopic (exact) mass is 418 g/mol. The number of carbonyl (C=O) groups excluding carboxylic acids is 2. The number of benzene rings is 2. The third-order valence-electron chi connectivity index (χ3n) is 4.35. The van der Waals surface area contributed by atoms with E-state index in [1.54, 1.807) is 50.2 Å². The van der Waals surface area contributed by atoms with Gasteiger partial charge < -0.3 is 16.8 Å². The molecule has 0 aromatic heterocycles. The van der Waals surface area contributed by atoms with Crippen molar-refractivity contribution in [3.05, 3.63) is 58.7 Å². The Morgan fingerprint density at radius 1 is 1.03 bits per heavy atom. The van der Waals surface area contributed by atoms with Gasteiger partial charge in [-0.25, -0.2) is 8.42 Å². The lowest BCUT2D eigenvalue weighted by Crippen LogP contribution is -2.51. The van der Waals surface area contributed by atoms with E-state index in [2.05, 4.69) is 10.0 Å². The summed E-state index contributed by atoms with van der Waals surface area (Å²) in [5.41, 5.74) is 14.1. The number of nitrogens with two attached hydrogens (primary N) is 2. The van der Waals surface area contributed by atoms with Gasteiger partial charge in [0.05, 0.1) is 4.90 Å². The van der Waals surface area contributed by atoms with Crippen molar-refractivity contribution in [3.8, 4) is 0 Å². The predicted octanol–water partition coefficient (Wildman–Crippen LogP) is 0.884. The molecule has 0 fully saturated rings. The van der Waals surface area contributed by atoms with Gasteiger partial charge in [0.15, 0.2) is 6.04 Å². The van der Waals surface area contributed by atoms with Crippen LogP contribution >= 0.6 is 0 Å². The van der Waals surface area contributed by atoms with Crippen molar-refractivity contribution >= 4 is 27.5 Å². The molecular formula is C20H26N4O4S. The van der Waals surface area contributed by atoms with Gasteiger partial charge in [0.2, 0.25) is 15.9 Å². The lowest BCUT2D eigenvalue weighted by Gasteiger charge is -2.18. The molecule has 0 saturated heterocycles. The first-order valence-corrected chi connectivity index (χ1v) is 10.5. The molecule has 0 aliphatic rings. The van der Waals surface area contributed by atoms with Crippen LogP contribution in [-0.2, 0) is 26.0 Å². The summed E-state index contributed by atoms with van der Waals surface area (Å²) in [4.78, 5) is 24.4. The Hall–Kier alpha value is -2.75. The summed E-state index contributed by atoms with van der Waals surface area (Å²) in [6.45, 7) is 5.64. The minimum atomic E-state index is -4.16. The van der Waals surface area contributed by atoms with Gasteiger partial charge in [0.1, 0.15) is 0 Å². The molecular weight excluding hydrogens is 392 g/mol. The summed E-state index contributed by atoms with van der Waals surface area (Å²) >= 11 is 0. The fraction of sp³-hybridized carbons (Fsp3) is 0.300.